The first-order valence-electron chi connectivity index (χ1n) is 16.1. The van der Waals surface area contributed by atoms with Crippen molar-refractivity contribution in [3.8, 4) is 6.07 Å². The van der Waals surface area contributed by atoms with Gasteiger partial charge >= 0.3 is 0 Å². The highest BCUT2D eigenvalue weighted by atomic mass is 16.3. The molecular weight excluding hydrogens is 592 g/mol. The Morgan fingerprint density at radius 3 is 2.19 bits per heavy atom. The minimum Gasteiger partial charge on any atom is -0.507 e. The summed E-state index contributed by atoms with van der Waals surface area (Å²) >= 11 is 0. The summed E-state index contributed by atoms with van der Waals surface area (Å²) in [6.07, 6.45) is 1.81. The zero-order chi connectivity index (χ0) is 33.0. The third kappa shape index (κ3) is 3.43. The Labute approximate surface area is 276 Å². The molecule has 230 valence electrons. The van der Waals surface area contributed by atoms with E-state index < -0.39 is 0 Å². The molecule has 0 saturated carbocycles. The van der Waals surface area contributed by atoms with Gasteiger partial charge in [0.1, 0.15) is 18.8 Å². The lowest BCUT2D eigenvalue weighted by Gasteiger charge is -2.32. The van der Waals surface area contributed by atoms with Crippen LogP contribution in [0.4, 0.5) is 17.1 Å². The van der Waals surface area contributed by atoms with E-state index in [2.05, 4.69) is 50.7 Å². The van der Waals surface area contributed by atoms with E-state index in [1.807, 2.05) is 56.6 Å². The van der Waals surface area contributed by atoms with E-state index in [1.165, 1.54) is 16.5 Å². The van der Waals surface area contributed by atoms with E-state index >= 15 is 0 Å². The summed E-state index contributed by atoms with van der Waals surface area (Å²) in [6.45, 7) is 10.0. The summed E-state index contributed by atoms with van der Waals surface area (Å²) in [5, 5.41) is 32.6. The molecule has 48 heavy (non-hydrogen) atoms. The third-order valence-electron chi connectivity index (χ3n) is 10.5. The molecule has 3 aliphatic rings. The SMILES string of the molecule is [C-]#[N+]C(C#N)=C1C(c2c3ccccc3c(N(C)C)c3cccc(N)c23)=C(O)/C1=c1\c2cccc3c2c2c4c(ccc(N)c14)CC[N+]=2CC3. The molecule has 0 unspecified atom stereocenters. The summed E-state index contributed by atoms with van der Waals surface area (Å²) in [4.78, 5) is 5.83. The van der Waals surface area contributed by atoms with Gasteiger partial charge in [0.2, 0.25) is 5.36 Å². The second kappa shape index (κ2) is 9.84. The maximum atomic E-state index is 12.5. The highest BCUT2D eigenvalue weighted by molar-refractivity contribution is 6.28. The minimum atomic E-state index is -0.0849. The van der Waals surface area contributed by atoms with Crippen LogP contribution in [-0.2, 0) is 12.8 Å². The highest BCUT2D eigenvalue weighted by Crippen LogP contribution is 2.54. The van der Waals surface area contributed by atoms with Gasteiger partial charge in [0.25, 0.3) is 5.70 Å². The predicted octanol–water partition coefficient (Wildman–Crippen LogP) is 5.96. The number of fused-ring (bicyclic) bond motifs is 2. The number of benzene rings is 6. The van der Waals surface area contributed by atoms with Gasteiger partial charge in [0, 0.05) is 87.4 Å². The van der Waals surface area contributed by atoms with E-state index in [0.29, 0.717) is 33.7 Å². The Morgan fingerprint density at radius 2 is 1.46 bits per heavy atom. The fourth-order valence-electron chi connectivity index (χ4n) is 8.65. The number of hydrogen-bond donors (Lipinski definition) is 3. The molecular formula is C41H31N6O+. The molecule has 0 radical (unpaired) electrons. The summed E-state index contributed by atoms with van der Waals surface area (Å²) in [5.74, 6) is 0.0326. The number of rotatable bonds is 2. The third-order valence-corrected chi connectivity index (χ3v) is 10.5. The number of nitrogens with two attached hydrogens (primary N) is 2. The summed E-state index contributed by atoms with van der Waals surface area (Å²) < 4.78 is 2.46. The number of anilines is 3. The molecule has 6 aromatic rings. The Morgan fingerprint density at radius 1 is 0.792 bits per heavy atom. The lowest BCUT2D eigenvalue weighted by molar-refractivity contribution is 0.434. The zero-order valence-corrected chi connectivity index (χ0v) is 26.6. The minimum absolute atomic E-state index is 0.0326. The van der Waals surface area contributed by atoms with Gasteiger partial charge in [-0.25, -0.2) is 14.7 Å². The van der Waals surface area contributed by atoms with Gasteiger partial charge in [-0.1, -0.05) is 60.7 Å². The molecule has 1 aliphatic carbocycles. The molecule has 0 atom stereocenters. The molecule has 0 amide bonds. The maximum Gasteiger partial charge on any atom is 0.270 e. The standard InChI is InChI=1S/C41H30N6O/c1-45-29(20-42)36-37(33-23-9-4-5-10-24(23)39(46(2)3)26-12-7-13-27(43)32(26)33)41(48)38(36)34-25-11-6-8-21-16-18-47-19-17-22-14-15-28(44)35(34)31(22)40(47)30(21)25/h4-15H,16-19,43-44H2,2-3H3/p+1. The predicted molar refractivity (Wildman–Crippen MR) is 196 cm³/mol. The molecule has 0 fully saturated rings. The van der Waals surface area contributed by atoms with Crippen LogP contribution in [0.15, 0.2) is 89.8 Å². The monoisotopic (exact) mass is 623 g/mol. The summed E-state index contributed by atoms with van der Waals surface area (Å²) in [5.41, 5.74) is 20.3. The van der Waals surface area contributed by atoms with Crippen LogP contribution in [0, 0.1) is 17.9 Å². The van der Waals surface area contributed by atoms with Gasteiger partial charge in [-0.3, -0.25) is 0 Å². The first kappa shape index (κ1) is 28.0. The van der Waals surface area contributed by atoms with Crippen molar-refractivity contribution in [3.63, 3.8) is 0 Å². The van der Waals surface area contributed by atoms with Crippen molar-refractivity contribution in [2.45, 2.75) is 12.8 Å². The molecule has 0 spiro atoms. The van der Waals surface area contributed by atoms with Crippen molar-refractivity contribution in [2.75, 3.05) is 43.6 Å². The molecule has 0 aromatic heterocycles. The molecule has 0 saturated heterocycles. The Balaban J connectivity index is 1.57. The van der Waals surface area contributed by atoms with Gasteiger partial charge < -0.3 is 21.5 Å². The van der Waals surface area contributed by atoms with Crippen LogP contribution in [0.25, 0.3) is 59.1 Å². The topological polar surface area (TPSA) is 107 Å². The molecule has 5 N–H and O–H groups in total. The first-order chi connectivity index (χ1) is 23.3. The van der Waals surface area contributed by atoms with Crippen LogP contribution in [0.5, 0.6) is 0 Å². The van der Waals surface area contributed by atoms with Crippen LogP contribution >= 0.6 is 0 Å². The molecule has 7 nitrogen and oxygen atoms in total. The van der Waals surface area contributed by atoms with Crippen LogP contribution < -0.4 is 31.5 Å². The molecule has 7 heteroatoms. The lowest BCUT2D eigenvalue weighted by atomic mass is 9.73. The smallest absolute Gasteiger partial charge is 0.270 e. The van der Waals surface area contributed by atoms with E-state index in [1.54, 1.807) is 0 Å². The van der Waals surface area contributed by atoms with Crippen molar-refractivity contribution < 1.29 is 5.11 Å². The van der Waals surface area contributed by atoms with Crippen molar-refractivity contribution in [1.29, 1.82) is 5.26 Å². The van der Waals surface area contributed by atoms with Crippen molar-refractivity contribution in [2.24, 2.45) is 0 Å². The number of nitriles is 1. The van der Waals surface area contributed by atoms with Gasteiger partial charge in [-0.2, -0.15) is 0 Å². The van der Waals surface area contributed by atoms with Crippen LogP contribution in [0.1, 0.15) is 16.7 Å². The average Bonchev–Trinajstić information content (AvgIpc) is 3.10. The molecule has 2 aliphatic heterocycles. The second-order valence-electron chi connectivity index (χ2n) is 13.1. The number of nitrogens with zero attached hydrogens (tertiary/aromatic N) is 4. The van der Waals surface area contributed by atoms with E-state index in [9.17, 15) is 10.4 Å². The first-order valence-corrected chi connectivity index (χ1v) is 16.1. The number of aliphatic hydroxyl groups excluding tert-OH is 1. The Kier molecular flexibility index (Phi) is 5.73. The highest BCUT2D eigenvalue weighted by Gasteiger charge is 2.39. The quantitative estimate of drug-likeness (QED) is 0.0726. The van der Waals surface area contributed by atoms with Gasteiger partial charge in [0.15, 0.2) is 0 Å². The van der Waals surface area contributed by atoms with Crippen LogP contribution in [0.2, 0.25) is 0 Å². The average molecular weight is 624 g/mol. The van der Waals surface area contributed by atoms with E-state index in [-0.39, 0.29) is 11.5 Å². The summed E-state index contributed by atoms with van der Waals surface area (Å²) in [7, 11) is 4.01. The van der Waals surface area contributed by atoms with Crippen LogP contribution in [-0.4, -0.2) is 32.3 Å². The number of allylic oxidation sites excluding steroid dienone is 3. The number of hydrogen-bond acceptors (Lipinski definition) is 5. The Hall–Kier alpha value is -6.31. The molecule has 6 aromatic carbocycles. The fourth-order valence-corrected chi connectivity index (χ4v) is 8.65. The largest absolute Gasteiger partial charge is 0.507 e. The normalized spacial score (nSPS) is 17.2. The maximum absolute atomic E-state index is 12.5. The Bertz CT molecular complexity index is 2790. The van der Waals surface area contributed by atoms with Gasteiger partial charge in [-0.05, 0) is 34.0 Å². The van der Waals surface area contributed by atoms with E-state index in [4.69, 9.17) is 18.0 Å². The van der Waals surface area contributed by atoms with E-state index in [0.717, 1.165) is 79.9 Å². The molecule has 2 heterocycles. The van der Waals surface area contributed by atoms with Gasteiger partial charge in [-0.15, -0.1) is 0 Å². The lowest BCUT2D eigenvalue weighted by Crippen LogP contribution is -2.42. The van der Waals surface area contributed by atoms with Crippen molar-refractivity contribution in [1.82, 2.24) is 4.58 Å². The number of aliphatic hydroxyl groups is 1. The molecule has 0 bridgehead atoms. The summed E-state index contributed by atoms with van der Waals surface area (Å²) in [6, 6.07) is 26.5. The second-order valence-corrected chi connectivity index (χ2v) is 13.1. The van der Waals surface area contributed by atoms with Crippen molar-refractivity contribution in [3.05, 3.63) is 129 Å². The van der Waals surface area contributed by atoms with Crippen LogP contribution in [0.3, 0.4) is 0 Å². The zero-order valence-electron chi connectivity index (χ0n) is 26.6. The molecule has 9 rings (SSSR count). The fraction of sp³-hybridized carbons (Fsp3) is 0.146. The van der Waals surface area contributed by atoms with Gasteiger partial charge in [0.05, 0.1) is 29.1 Å². The van der Waals surface area contributed by atoms with Crippen molar-refractivity contribution >= 4 is 71.3 Å². The number of nitrogen functional groups attached to an aromatic ring is 2.